The zero-order valence-electron chi connectivity index (χ0n) is 13.3. The molecule has 0 aliphatic carbocycles. The number of rotatable bonds is 3. The Balaban J connectivity index is 1.47. The normalized spacial score (nSPS) is 17.1. The molecule has 1 saturated heterocycles. The lowest BCUT2D eigenvalue weighted by Crippen LogP contribution is -2.32. The molecule has 0 atom stereocenters. The van der Waals surface area contributed by atoms with E-state index in [1.54, 1.807) is 15.9 Å². The van der Waals surface area contributed by atoms with Crippen molar-refractivity contribution in [3.63, 3.8) is 0 Å². The fourth-order valence-electron chi connectivity index (χ4n) is 3.37. The van der Waals surface area contributed by atoms with E-state index in [-0.39, 0.29) is 0 Å². The van der Waals surface area contributed by atoms with Gasteiger partial charge in [-0.15, -0.1) is 0 Å². The van der Waals surface area contributed by atoms with Crippen molar-refractivity contribution in [1.29, 1.82) is 0 Å². The molecule has 5 nitrogen and oxygen atoms in total. The van der Waals surface area contributed by atoms with E-state index in [4.69, 9.17) is 10.7 Å². The predicted molar refractivity (Wildman–Crippen MR) is 93.7 cm³/mol. The molecular formula is C17H21N5S. The highest BCUT2D eigenvalue weighted by Gasteiger charge is 2.22. The van der Waals surface area contributed by atoms with E-state index in [2.05, 4.69) is 26.8 Å². The van der Waals surface area contributed by atoms with Gasteiger partial charge >= 0.3 is 0 Å². The van der Waals surface area contributed by atoms with Crippen molar-refractivity contribution in [2.45, 2.75) is 32.2 Å². The molecule has 0 radical (unpaired) electrons. The van der Waals surface area contributed by atoms with Crippen molar-refractivity contribution in [3.05, 3.63) is 45.9 Å². The quantitative estimate of drug-likeness (QED) is 0.803. The maximum atomic E-state index is 6.15. The molecule has 1 fully saturated rings. The highest BCUT2D eigenvalue weighted by atomic mass is 32.1. The van der Waals surface area contributed by atoms with Crippen LogP contribution < -0.4 is 5.73 Å². The highest BCUT2D eigenvalue weighted by molar-refractivity contribution is 7.07. The van der Waals surface area contributed by atoms with Crippen LogP contribution in [0.3, 0.4) is 0 Å². The van der Waals surface area contributed by atoms with Gasteiger partial charge in [0.1, 0.15) is 5.82 Å². The Morgan fingerprint density at radius 3 is 2.87 bits per heavy atom. The van der Waals surface area contributed by atoms with Gasteiger partial charge in [-0.25, -0.2) is 4.98 Å². The average Bonchev–Trinajstić information content (AvgIpc) is 3.17. The second-order valence-corrected chi connectivity index (χ2v) is 7.12. The Bertz CT molecular complexity index is 800. The van der Waals surface area contributed by atoms with E-state index < -0.39 is 0 Å². The first-order valence-corrected chi connectivity index (χ1v) is 8.99. The lowest BCUT2D eigenvalue weighted by molar-refractivity contribution is 0.203. The number of piperidine rings is 1. The van der Waals surface area contributed by atoms with Gasteiger partial charge in [-0.1, -0.05) is 0 Å². The topological polar surface area (TPSA) is 59.5 Å². The molecule has 0 bridgehead atoms. The van der Waals surface area contributed by atoms with Crippen molar-refractivity contribution < 1.29 is 0 Å². The summed E-state index contributed by atoms with van der Waals surface area (Å²) in [6, 6.07) is 6.21. The number of hydrogen-bond donors (Lipinski definition) is 1. The molecule has 0 saturated carbocycles. The number of aromatic nitrogens is 3. The molecule has 2 N–H and O–H groups in total. The Labute approximate surface area is 139 Å². The molecule has 6 heteroatoms. The van der Waals surface area contributed by atoms with Crippen LogP contribution in [0.25, 0.3) is 5.65 Å². The molecule has 1 aliphatic rings. The van der Waals surface area contributed by atoms with E-state index in [9.17, 15) is 0 Å². The van der Waals surface area contributed by atoms with Crippen LogP contribution >= 0.6 is 11.3 Å². The van der Waals surface area contributed by atoms with E-state index >= 15 is 0 Å². The first-order chi connectivity index (χ1) is 11.2. The Morgan fingerprint density at radius 2 is 2.13 bits per heavy atom. The Morgan fingerprint density at radius 1 is 1.30 bits per heavy atom. The minimum absolute atomic E-state index is 0.497. The summed E-state index contributed by atoms with van der Waals surface area (Å²) in [6.45, 7) is 5.26. The van der Waals surface area contributed by atoms with Gasteiger partial charge < -0.3 is 5.73 Å². The maximum absolute atomic E-state index is 6.15. The first-order valence-electron chi connectivity index (χ1n) is 8.05. The van der Waals surface area contributed by atoms with E-state index in [1.807, 2.05) is 19.1 Å². The third-order valence-corrected chi connectivity index (χ3v) is 5.32. The van der Waals surface area contributed by atoms with Crippen LogP contribution in [0.15, 0.2) is 29.0 Å². The molecule has 0 spiro atoms. The summed E-state index contributed by atoms with van der Waals surface area (Å²) in [5.41, 5.74) is 10.5. The summed E-state index contributed by atoms with van der Waals surface area (Å²) in [5, 5.41) is 8.77. The summed E-state index contributed by atoms with van der Waals surface area (Å²) in [4.78, 5) is 7.32. The van der Waals surface area contributed by atoms with Gasteiger partial charge in [0.25, 0.3) is 0 Å². The van der Waals surface area contributed by atoms with Gasteiger partial charge in [-0.2, -0.15) is 21.0 Å². The smallest absolute Gasteiger partial charge is 0.157 e. The second-order valence-electron chi connectivity index (χ2n) is 6.34. The van der Waals surface area contributed by atoms with Gasteiger partial charge in [0, 0.05) is 30.3 Å². The molecule has 0 unspecified atom stereocenters. The second kappa shape index (κ2) is 5.94. The van der Waals surface area contributed by atoms with Crippen LogP contribution in [0.1, 0.15) is 35.7 Å². The summed E-state index contributed by atoms with van der Waals surface area (Å²) >= 11 is 1.77. The van der Waals surface area contributed by atoms with Crippen LogP contribution in [0.2, 0.25) is 0 Å². The number of nitrogens with two attached hydrogens (primary N) is 1. The molecular weight excluding hydrogens is 306 g/mol. The van der Waals surface area contributed by atoms with E-state index in [0.29, 0.717) is 11.7 Å². The number of aryl methyl sites for hydroxylation is 1. The number of nitrogen functional groups attached to an aromatic ring is 1. The van der Waals surface area contributed by atoms with Gasteiger partial charge in [0.2, 0.25) is 0 Å². The number of anilines is 1. The SMILES string of the molecule is Cc1cc2nc(C3CCN(Cc4ccsc4)CC3)cc(N)n2n1. The minimum Gasteiger partial charge on any atom is -0.384 e. The van der Waals surface area contributed by atoms with Gasteiger partial charge in [0.05, 0.1) is 5.69 Å². The Kier molecular flexibility index (Phi) is 3.79. The summed E-state index contributed by atoms with van der Waals surface area (Å²) < 4.78 is 1.73. The van der Waals surface area contributed by atoms with Crippen LogP contribution in [-0.2, 0) is 6.54 Å². The van der Waals surface area contributed by atoms with Crippen molar-refractivity contribution >= 4 is 22.8 Å². The monoisotopic (exact) mass is 327 g/mol. The predicted octanol–water partition coefficient (Wildman–Crippen LogP) is 3.06. The summed E-state index contributed by atoms with van der Waals surface area (Å²) in [7, 11) is 0. The van der Waals surface area contributed by atoms with Crippen LogP contribution in [-0.4, -0.2) is 32.6 Å². The summed E-state index contributed by atoms with van der Waals surface area (Å²) in [5.74, 6) is 1.18. The van der Waals surface area contributed by atoms with Crippen molar-refractivity contribution in [2.24, 2.45) is 0 Å². The molecule has 23 heavy (non-hydrogen) atoms. The number of fused-ring (bicyclic) bond motifs is 1. The maximum Gasteiger partial charge on any atom is 0.157 e. The molecule has 1 aliphatic heterocycles. The fourth-order valence-corrected chi connectivity index (χ4v) is 4.03. The highest BCUT2D eigenvalue weighted by Crippen LogP contribution is 2.29. The third-order valence-electron chi connectivity index (χ3n) is 4.59. The minimum atomic E-state index is 0.497. The number of thiophene rings is 1. The van der Waals surface area contributed by atoms with Crippen molar-refractivity contribution in [1.82, 2.24) is 19.5 Å². The molecule has 120 valence electrons. The van der Waals surface area contributed by atoms with Crippen molar-refractivity contribution in [3.8, 4) is 0 Å². The molecule has 0 aromatic carbocycles. The summed E-state index contributed by atoms with van der Waals surface area (Å²) in [6.07, 6.45) is 2.28. The lowest BCUT2D eigenvalue weighted by atomic mass is 9.93. The molecule has 3 aromatic heterocycles. The van der Waals surface area contributed by atoms with Gasteiger partial charge in [-0.05, 0) is 55.2 Å². The fraction of sp³-hybridized carbons (Fsp3) is 0.412. The van der Waals surface area contributed by atoms with Gasteiger partial charge in [0.15, 0.2) is 5.65 Å². The molecule has 0 amide bonds. The zero-order chi connectivity index (χ0) is 15.8. The average molecular weight is 327 g/mol. The standard InChI is InChI=1S/C17H21N5S/c1-12-8-17-19-15(9-16(18)22(17)20-12)14-2-5-21(6-3-14)10-13-4-7-23-11-13/h4,7-9,11,14H,2-3,5-6,10,18H2,1H3. The lowest BCUT2D eigenvalue weighted by Gasteiger charge is -2.31. The van der Waals surface area contributed by atoms with Crippen LogP contribution in [0.4, 0.5) is 5.82 Å². The molecule has 3 aromatic rings. The van der Waals surface area contributed by atoms with Crippen LogP contribution in [0.5, 0.6) is 0 Å². The van der Waals surface area contributed by atoms with Crippen molar-refractivity contribution in [2.75, 3.05) is 18.8 Å². The number of hydrogen-bond acceptors (Lipinski definition) is 5. The van der Waals surface area contributed by atoms with Crippen LogP contribution in [0, 0.1) is 6.92 Å². The first kappa shape index (κ1) is 14.7. The zero-order valence-corrected chi connectivity index (χ0v) is 14.1. The Hall–Kier alpha value is -1.92. The number of likely N-dealkylation sites (tertiary alicyclic amines) is 1. The van der Waals surface area contributed by atoms with E-state index in [0.717, 1.165) is 49.5 Å². The largest absolute Gasteiger partial charge is 0.384 e. The van der Waals surface area contributed by atoms with Gasteiger partial charge in [-0.3, -0.25) is 4.90 Å². The van der Waals surface area contributed by atoms with E-state index in [1.165, 1.54) is 5.56 Å². The number of nitrogens with zero attached hydrogens (tertiary/aromatic N) is 4. The molecule has 4 rings (SSSR count). The molecule has 4 heterocycles. The third kappa shape index (κ3) is 2.96.